The summed E-state index contributed by atoms with van der Waals surface area (Å²) < 4.78 is 13.4. The number of aliphatic hydroxyl groups is 1. The summed E-state index contributed by atoms with van der Waals surface area (Å²) in [6.07, 6.45) is 1.45. The second-order valence-electron chi connectivity index (χ2n) is 4.57. The van der Waals surface area contributed by atoms with Crippen molar-refractivity contribution < 1.29 is 14.3 Å². The standard InChI is InChI=1S/C15H14ClFN2O2/c1-9-2-3-11(7-18-9)15(21)19-14(8-20)10-4-5-12(16)13(17)6-10/h2-7,14,20H,8H2,1H3,(H,19,21). The lowest BCUT2D eigenvalue weighted by Gasteiger charge is -2.17. The van der Waals surface area contributed by atoms with Crippen molar-refractivity contribution in [2.24, 2.45) is 0 Å². The Morgan fingerprint density at radius 2 is 2.19 bits per heavy atom. The highest BCUT2D eigenvalue weighted by molar-refractivity contribution is 6.30. The first-order valence-electron chi connectivity index (χ1n) is 6.30. The average Bonchev–Trinajstić information content (AvgIpc) is 2.48. The second-order valence-corrected chi connectivity index (χ2v) is 4.98. The predicted molar refractivity (Wildman–Crippen MR) is 77.7 cm³/mol. The first-order valence-corrected chi connectivity index (χ1v) is 6.68. The highest BCUT2D eigenvalue weighted by Gasteiger charge is 2.16. The Morgan fingerprint density at radius 3 is 2.76 bits per heavy atom. The van der Waals surface area contributed by atoms with Gasteiger partial charge in [-0.15, -0.1) is 0 Å². The van der Waals surface area contributed by atoms with Crippen molar-refractivity contribution in [1.82, 2.24) is 10.3 Å². The van der Waals surface area contributed by atoms with E-state index in [2.05, 4.69) is 10.3 Å². The fourth-order valence-electron chi connectivity index (χ4n) is 1.81. The number of halogens is 2. The Balaban J connectivity index is 2.16. The largest absolute Gasteiger partial charge is 0.394 e. The van der Waals surface area contributed by atoms with Crippen molar-refractivity contribution >= 4 is 17.5 Å². The van der Waals surface area contributed by atoms with E-state index in [9.17, 15) is 14.3 Å². The number of pyridine rings is 1. The van der Waals surface area contributed by atoms with Gasteiger partial charge in [-0.3, -0.25) is 9.78 Å². The van der Waals surface area contributed by atoms with Crippen molar-refractivity contribution in [3.05, 3.63) is 64.2 Å². The maximum Gasteiger partial charge on any atom is 0.253 e. The number of nitrogens with one attached hydrogen (secondary N) is 1. The van der Waals surface area contributed by atoms with Crippen LogP contribution in [-0.2, 0) is 0 Å². The molecule has 0 aliphatic rings. The van der Waals surface area contributed by atoms with Gasteiger partial charge in [-0.2, -0.15) is 0 Å². The smallest absolute Gasteiger partial charge is 0.253 e. The number of amides is 1. The number of aromatic nitrogens is 1. The fourth-order valence-corrected chi connectivity index (χ4v) is 1.92. The molecule has 0 aliphatic carbocycles. The molecule has 1 aromatic carbocycles. The van der Waals surface area contributed by atoms with Crippen LogP contribution in [0.3, 0.4) is 0 Å². The number of benzene rings is 1. The van der Waals surface area contributed by atoms with E-state index in [1.165, 1.54) is 18.3 Å². The zero-order chi connectivity index (χ0) is 15.4. The second kappa shape index (κ2) is 6.65. The van der Waals surface area contributed by atoms with Crippen molar-refractivity contribution in [3.8, 4) is 0 Å². The summed E-state index contributed by atoms with van der Waals surface area (Å²) in [5.41, 5.74) is 1.60. The zero-order valence-electron chi connectivity index (χ0n) is 11.3. The number of nitrogens with zero attached hydrogens (tertiary/aromatic N) is 1. The van der Waals surface area contributed by atoms with Gasteiger partial charge in [-0.1, -0.05) is 17.7 Å². The molecule has 1 atom stereocenters. The minimum Gasteiger partial charge on any atom is -0.394 e. The number of carbonyl (C=O) groups excluding carboxylic acids is 1. The summed E-state index contributed by atoms with van der Waals surface area (Å²) in [6, 6.07) is 6.76. The highest BCUT2D eigenvalue weighted by Crippen LogP contribution is 2.20. The summed E-state index contributed by atoms with van der Waals surface area (Å²) in [7, 11) is 0. The van der Waals surface area contributed by atoms with E-state index in [0.29, 0.717) is 11.1 Å². The third-order valence-electron chi connectivity index (χ3n) is 3.01. The number of aliphatic hydroxyl groups excluding tert-OH is 1. The molecule has 1 aromatic heterocycles. The molecule has 2 rings (SSSR count). The summed E-state index contributed by atoms with van der Waals surface area (Å²) in [4.78, 5) is 16.1. The van der Waals surface area contributed by atoms with Gasteiger partial charge in [0.25, 0.3) is 5.91 Å². The van der Waals surface area contributed by atoms with Crippen LogP contribution in [0.1, 0.15) is 27.7 Å². The van der Waals surface area contributed by atoms with E-state index < -0.39 is 17.8 Å². The average molecular weight is 309 g/mol. The third kappa shape index (κ3) is 3.77. The molecule has 0 saturated carbocycles. The molecule has 2 N–H and O–H groups in total. The summed E-state index contributed by atoms with van der Waals surface area (Å²) in [5.74, 6) is -0.990. The normalized spacial score (nSPS) is 12.0. The zero-order valence-corrected chi connectivity index (χ0v) is 12.1. The van der Waals surface area contributed by atoms with Gasteiger partial charge in [0.15, 0.2) is 0 Å². The molecular weight excluding hydrogens is 295 g/mol. The number of aryl methyl sites for hydroxylation is 1. The van der Waals surface area contributed by atoms with Gasteiger partial charge in [0.2, 0.25) is 0 Å². The minimum atomic E-state index is -0.717. The Kier molecular flexibility index (Phi) is 4.88. The van der Waals surface area contributed by atoms with Crippen LogP contribution < -0.4 is 5.32 Å². The molecule has 0 fully saturated rings. The lowest BCUT2D eigenvalue weighted by Crippen LogP contribution is -2.31. The van der Waals surface area contributed by atoms with E-state index >= 15 is 0 Å². The van der Waals surface area contributed by atoms with Crippen LogP contribution in [0.2, 0.25) is 5.02 Å². The van der Waals surface area contributed by atoms with Gasteiger partial charge in [-0.05, 0) is 36.8 Å². The van der Waals surface area contributed by atoms with Crippen LogP contribution in [0.25, 0.3) is 0 Å². The van der Waals surface area contributed by atoms with Gasteiger partial charge in [0, 0.05) is 11.9 Å². The van der Waals surface area contributed by atoms with Crippen LogP contribution >= 0.6 is 11.6 Å². The molecule has 1 heterocycles. The lowest BCUT2D eigenvalue weighted by molar-refractivity contribution is 0.0915. The molecular formula is C15H14ClFN2O2. The van der Waals surface area contributed by atoms with Gasteiger partial charge in [0.1, 0.15) is 5.82 Å². The molecule has 0 bridgehead atoms. The fraction of sp³-hybridized carbons (Fsp3) is 0.200. The van der Waals surface area contributed by atoms with Crippen LogP contribution in [0.15, 0.2) is 36.5 Å². The quantitative estimate of drug-likeness (QED) is 0.913. The number of hydrogen-bond acceptors (Lipinski definition) is 3. The molecule has 0 saturated heterocycles. The van der Waals surface area contributed by atoms with Gasteiger partial charge >= 0.3 is 0 Å². The van der Waals surface area contributed by atoms with Crippen molar-refractivity contribution in [2.75, 3.05) is 6.61 Å². The first kappa shape index (κ1) is 15.4. The number of carbonyl (C=O) groups is 1. The highest BCUT2D eigenvalue weighted by atomic mass is 35.5. The van der Waals surface area contributed by atoms with Crippen LogP contribution in [0.4, 0.5) is 4.39 Å². The molecule has 6 heteroatoms. The van der Waals surface area contributed by atoms with E-state index in [-0.39, 0.29) is 11.6 Å². The molecule has 0 spiro atoms. The molecule has 0 radical (unpaired) electrons. The maximum atomic E-state index is 13.4. The monoisotopic (exact) mass is 308 g/mol. The van der Waals surface area contributed by atoms with Gasteiger partial charge < -0.3 is 10.4 Å². The van der Waals surface area contributed by atoms with Gasteiger partial charge in [0.05, 0.1) is 23.2 Å². The van der Waals surface area contributed by atoms with Crippen LogP contribution in [0.5, 0.6) is 0 Å². The van der Waals surface area contributed by atoms with Crippen molar-refractivity contribution in [3.63, 3.8) is 0 Å². The van der Waals surface area contributed by atoms with E-state index in [4.69, 9.17) is 11.6 Å². The molecule has 110 valence electrons. The summed E-state index contributed by atoms with van der Waals surface area (Å²) >= 11 is 5.61. The number of rotatable bonds is 4. The maximum absolute atomic E-state index is 13.4. The predicted octanol–water partition coefficient (Wildman–Crippen LogP) is 2.65. The molecule has 21 heavy (non-hydrogen) atoms. The topological polar surface area (TPSA) is 62.2 Å². The molecule has 1 unspecified atom stereocenters. The minimum absolute atomic E-state index is 0.00972. The molecule has 2 aromatic rings. The Hall–Kier alpha value is -1.98. The Labute approximate surface area is 126 Å². The first-order chi connectivity index (χ1) is 10.0. The molecule has 1 amide bonds. The SMILES string of the molecule is Cc1ccc(C(=O)NC(CO)c2ccc(Cl)c(F)c2)cn1. The Bertz CT molecular complexity index is 647. The molecule has 0 aliphatic heterocycles. The lowest BCUT2D eigenvalue weighted by atomic mass is 10.1. The van der Waals surface area contributed by atoms with Crippen molar-refractivity contribution in [2.45, 2.75) is 13.0 Å². The van der Waals surface area contributed by atoms with E-state index in [0.717, 1.165) is 5.69 Å². The Morgan fingerprint density at radius 1 is 1.43 bits per heavy atom. The summed E-state index contributed by atoms with van der Waals surface area (Å²) in [6.45, 7) is 1.46. The van der Waals surface area contributed by atoms with E-state index in [1.807, 2.05) is 6.92 Å². The summed E-state index contributed by atoms with van der Waals surface area (Å²) in [5, 5.41) is 12.0. The molecule has 4 nitrogen and oxygen atoms in total. The van der Waals surface area contributed by atoms with Crippen LogP contribution in [-0.4, -0.2) is 22.6 Å². The third-order valence-corrected chi connectivity index (χ3v) is 3.31. The van der Waals surface area contributed by atoms with Gasteiger partial charge in [-0.25, -0.2) is 4.39 Å². The van der Waals surface area contributed by atoms with Crippen molar-refractivity contribution in [1.29, 1.82) is 0 Å². The number of hydrogen-bond donors (Lipinski definition) is 2. The van der Waals surface area contributed by atoms with Crippen LogP contribution in [0, 0.1) is 12.7 Å². The van der Waals surface area contributed by atoms with E-state index in [1.54, 1.807) is 18.2 Å².